The second-order valence-electron chi connectivity index (χ2n) is 8.58. The predicted octanol–water partition coefficient (Wildman–Crippen LogP) is 4.87. The number of fused-ring (bicyclic) bond motifs is 1. The summed E-state index contributed by atoms with van der Waals surface area (Å²) in [5.74, 6) is -0.104. The number of anilines is 1. The summed E-state index contributed by atoms with van der Waals surface area (Å²) in [5.41, 5.74) is 11.1. The molecule has 1 amide bonds. The van der Waals surface area contributed by atoms with Crippen molar-refractivity contribution in [3.63, 3.8) is 0 Å². The Bertz CT molecular complexity index is 1400. The number of imidazole rings is 1. The van der Waals surface area contributed by atoms with Crippen LogP contribution in [0, 0.1) is 0 Å². The van der Waals surface area contributed by atoms with E-state index in [1.54, 1.807) is 30.5 Å². The number of pyridine rings is 1. The van der Waals surface area contributed by atoms with Gasteiger partial charge in [-0.15, -0.1) is 0 Å². The van der Waals surface area contributed by atoms with Gasteiger partial charge >= 0.3 is 0 Å². The van der Waals surface area contributed by atoms with Crippen molar-refractivity contribution >= 4 is 34.8 Å². The molecule has 1 aliphatic rings. The smallest absolute Gasteiger partial charge is 0.227 e. The van der Waals surface area contributed by atoms with Gasteiger partial charge in [0.1, 0.15) is 10.7 Å². The molecular weight excluding hydrogens is 469 g/mol. The molecule has 2 unspecified atom stereocenters. The maximum absolute atomic E-state index is 12.8. The molecule has 6 nitrogen and oxygen atoms in total. The fourth-order valence-corrected chi connectivity index (χ4v) is 5.12. The van der Waals surface area contributed by atoms with Crippen LogP contribution >= 0.6 is 23.2 Å². The summed E-state index contributed by atoms with van der Waals surface area (Å²) in [7, 11) is 3.69. The van der Waals surface area contributed by atoms with Crippen molar-refractivity contribution in [3.8, 4) is 0 Å². The van der Waals surface area contributed by atoms with E-state index in [9.17, 15) is 4.79 Å². The van der Waals surface area contributed by atoms with E-state index in [1.165, 1.54) is 0 Å². The molecule has 8 heteroatoms. The van der Waals surface area contributed by atoms with Crippen molar-refractivity contribution < 1.29 is 4.79 Å². The van der Waals surface area contributed by atoms with Crippen LogP contribution in [0.4, 0.5) is 5.69 Å². The molecule has 4 aromatic rings. The first-order valence-corrected chi connectivity index (χ1v) is 11.6. The fourth-order valence-electron chi connectivity index (χ4n) is 4.75. The zero-order valence-electron chi connectivity index (χ0n) is 18.7. The minimum atomic E-state index is -1.12. The highest BCUT2D eigenvalue weighted by Crippen LogP contribution is 2.43. The van der Waals surface area contributed by atoms with Crippen molar-refractivity contribution in [3.05, 3.63) is 111 Å². The largest absolute Gasteiger partial charge is 0.335 e. The van der Waals surface area contributed by atoms with Crippen molar-refractivity contribution in [2.45, 2.75) is 17.9 Å². The molecule has 2 atom stereocenters. The number of halogens is 2. The molecule has 0 aliphatic carbocycles. The van der Waals surface area contributed by atoms with E-state index in [0.717, 1.165) is 28.1 Å². The van der Waals surface area contributed by atoms with E-state index >= 15 is 0 Å². The summed E-state index contributed by atoms with van der Waals surface area (Å²) in [6, 6.07) is 19.0. The molecule has 2 N–H and O–H groups in total. The van der Waals surface area contributed by atoms with E-state index in [4.69, 9.17) is 28.9 Å². The van der Waals surface area contributed by atoms with Gasteiger partial charge in [-0.05, 0) is 47.0 Å². The third-order valence-corrected chi connectivity index (χ3v) is 7.01. The lowest BCUT2D eigenvalue weighted by molar-refractivity contribution is -0.118. The van der Waals surface area contributed by atoms with Gasteiger partial charge in [0.25, 0.3) is 0 Å². The Labute approximate surface area is 208 Å². The Morgan fingerprint density at radius 1 is 1.06 bits per heavy atom. The van der Waals surface area contributed by atoms with Crippen LogP contribution < -0.4 is 10.6 Å². The summed E-state index contributed by atoms with van der Waals surface area (Å²) < 4.78 is 1.88. The number of carbonyl (C=O) groups excluding carboxylic acids is 1. The molecule has 0 saturated carbocycles. The third kappa shape index (κ3) is 3.68. The molecule has 0 spiro atoms. The van der Waals surface area contributed by atoms with Gasteiger partial charge in [-0.3, -0.25) is 4.79 Å². The molecule has 0 saturated heterocycles. The lowest BCUT2D eigenvalue weighted by atomic mass is 9.78. The van der Waals surface area contributed by atoms with E-state index in [1.807, 2.05) is 60.1 Å². The molecule has 1 aliphatic heterocycles. The van der Waals surface area contributed by atoms with Crippen LogP contribution in [0.2, 0.25) is 10.2 Å². The molecular formula is C26H23Cl2N5O. The molecule has 5 rings (SSSR count). The highest BCUT2D eigenvalue weighted by molar-refractivity contribution is 6.30. The number of nitrogens with two attached hydrogens (primary N) is 1. The van der Waals surface area contributed by atoms with Crippen LogP contribution in [0.15, 0.2) is 73.2 Å². The van der Waals surface area contributed by atoms with Crippen LogP contribution in [-0.2, 0) is 17.4 Å². The quantitative estimate of drug-likeness (QED) is 0.413. The molecule has 172 valence electrons. The second kappa shape index (κ2) is 8.55. The van der Waals surface area contributed by atoms with Gasteiger partial charge in [0.15, 0.2) is 0 Å². The van der Waals surface area contributed by atoms with Gasteiger partial charge in [0, 0.05) is 37.1 Å². The van der Waals surface area contributed by atoms with Crippen molar-refractivity contribution in [1.82, 2.24) is 14.5 Å². The maximum atomic E-state index is 12.8. The number of carbonyl (C=O) groups is 1. The number of rotatable bonds is 4. The highest BCUT2D eigenvalue weighted by Gasteiger charge is 2.39. The fraction of sp³-hybridized carbons (Fsp3) is 0.192. The summed E-state index contributed by atoms with van der Waals surface area (Å²) >= 11 is 12.6. The Morgan fingerprint density at radius 3 is 2.56 bits per heavy atom. The number of aromatic nitrogens is 3. The highest BCUT2D eigenvalue weighted by atomic mass is 35.5. The van der Waals surface area contributed by atoms with Crippen LogP contribution in [0.5, 0.6) is 0 Å². The third-order valence-electron chi connectivity index (χ3n) is 6.56. The first kappa shape index (κ1) is 22.6. The SMILES string of the molecule is CN1C(=O)CC(c2cccc(Cl)c2)c2cc(C(N)(c3cccc(Cl)n3)c3cncn3C)ccc21. The van der Waals surface area contributed by atoms with Gasteiger partial charge in [-0.25, -0.2) is 9.97 Å². The lowest BCUT2D eigenvalue weighted by Gasteiger charge is -2.35. The minimum absolute atomic E-state index is 0.0485. The lowest BCUT2D eigenvalue weighted by Crippen LogP contribution is -2.42. The first-order valence-electron chi connectivity index (χ1n) is 10.8. The minimum Gasteiger partial charge on any atom is -0.335 e. The molecule has 2 aromatic heterocycles. The van der Waals surface area contributed by atoms with Gasteiger partial charge < -0.3 is 15.2 Å². The van der Waals surface area contributed by atoms with Crippen LogP contribution in [-0.4, -0.2) is 27.5 Å². The molecule has 0 radical (unpaired) electrons. The first-order chi connectivity index (χ1) is 16.3. The average molecular weight is 492 g/mol. The Morgan fingerprint density at radius 2 is 1.85 bits per heavy atom. The van der Waals surface area contributed by atoms with E-state index < -0.39 is 5.54 Å². The van der Waals surface area contributed by atoms with Crippen molar-refractivity contribution in [1.29, 1.82) is 0 Å². The Kier molecular flexibility index (Phi) is 5.68. The van der Waals surface area contributed by atoms with E-state index in [2.05, 4.69) is 16.0 Å². The van der Waals surface area contributed by atoms with Crippen LogP contribution in [0.1, 0.15) is 40.4 Å². The number of benzene rings is 2. The molecule has 3 heterocycles. The molecule has 2 aromatic carbocycles. The second-order valence-corrected chi connectivity index (χ2v) is 9.41. The van der Waals surface area contributed by atoms with Crippen molar-refractivity contribution in [2.75, 3.05) is 11.9 Å². The summed E-state index contributed by atoms with van der Waals surface area (Å²) in [4.78, 5) is 23.4. The number of hydrogen-bond donors (Lipinski definition) is 1. The van der Waals surface area contributed by atoms with E-state index in [0.29, 0.717) is 22.3 Å². The number of aryl methyl sites for hydroxylation is 1. The maximum Gasteiger partial charge on any atom is 0.227 e. The predicted molar refractivity (Wildman–Crippen MR) is 134 cm³/mol. The van der Waals surface area contributed by atoms with E-state index in [-0.39, 0.29) is 11.8 Å². The molecule has 0 fully saturated rings. The number of amides is 1. The Hall–Kier alpha value is -3.19. The molecule has 34 heavy (non-hydrogen) atoms. The normalized spacial score (nSPS) is 17.4. The van der Waals surface area contributed by atoms with Crippen molar-refractivity contribution in [2.24, 2.45) is 12.8 Å². The van der Waals surface area contributed by atoms with Crippen LogP contribution in [0.25, 0.3) is 0 Å². The summed E-state index contributed by atoms with van der Waals surface area (Å²) in [6.45, 7) is 0. The topological polar surface area (TPSA) is 77.0 Å². The van der Waals surface area contributed by atoms with Crippen LogP contribution in [0.3, 0.4) is 0 Å². The molecule has 0 bridgehead atoms. The monoisotopic (exact) mass is 491 g/mol. The van der Waals surface area contributed by atoms with Gasteiger partial charge in [0.05, 0.1) is 23.9 Å². The average Bonchev–Trinajstić information content (AvgIpc) is 3.27. The van der Waals surface area contributed by atoms with Gasteiger partial charge in [-0.2, -0.15) is 0 Å². The summed E-state index contributed by atoms with van der Waals surface area (Å²) in [6.07, 6.45) is 3.79. The van der Waals surface area contributed by atoms with Gasteiger partial charge in [0.2, 0.25) is 5.91 Å². The number of nitrogens with zero attached hydrogens (tertiary/aromatic N) is 4. The number of hydrogen-bond acceptors (Lipinski definition) is 4. The standard InChI is InChI=1S/C26H23Cl2N5O/c1-32-15-30-14-23(32)26(29,22-7-4-8-24(28)31-22)17-9-10-21-20(12-17)19(13-25(34)33(21)2)16-5-3-6-18(27)11-16/h3-12,14-15,19H,13,29H2,1-2H3. The Balaban J connectivity index is 1.75. The zero-order valence-corrected chi connectivity index (χ0v) is 20.3. The van der Waals surface area contributed by atoms with Gasteiger partial charge in [-0.1, -0.05) is 53.5 Å². The zero-order chi connectivity index (χ0) is 24.0. The summed E-state index contributed by atoms with van der Waals surface area (Å²) in [5, 5.41) is 0.988.